The van der Waals surface area contributed by atoms with Crippen LogP contribution < -0.4 is 5.73 Å². The normalized spacial score (nSPS) is 26.9. The number of aryl methyl sites for hydroxylation is 1. The topological polar surface area (TPSA) is 83.0 Å². The summed E-state index contributed by atoms with van der Waals surface area (Å²) in [6.45, 7) is 3.98. The smallest absolute Gasteiger partial charge is 0.149 e. The first-order valence-corrected chi connectivity index (χ1v) is 6.30. The molecule has 0 radical (unpaired) electrons. The number of fused-ring (bicyclic) bond motifs is 1. The number of aromatic nitrogens is 3. The summed E-state index contributed by atoms with van der Waals surface area (Å²) >= 11 is 0. The SMILES string of the molecule is Cc1cn([C@H]2C[C@H](C)[C@@H](C=O)O2)c2ncnc(N)c12. The second-order valence-electron chi connectivity index (χ2n) is 5.08. The molecule has 19 heavy (non-hydrogen) atoms. The highest BCUT2D eigenvalue weighted by molar-refractivity contribution is 5.89. The van der Waals surface area contributed by atoms with Crippen molar-refractivity contribution in [1.82, 2.24) is 14.5 Å². The Bertz CT molecular complexity index is 637. The summed E-state index contributed by atoms with van der Waals surface area (Å²) in [5.74, 6) is 0.679. The van der Waals surface area contributed by atoms with Crippen LogP contribution in [0.25, 0.3) is 11.0 Å². The Morgan fingerprint density at radius 3 is 3.00 bits per heavy atom. The monoisotopic (exact) mass is 260 g/mol. The lowest BCUT2D eigenvalue weighted by Gasteiger charge is -2.13. The predicted octanol–water partition coefficient (Wildman–Crippen LogP) is 1.44. The lowest BCUT2D eigenvalue weighted by molar-refractivity contribution is -0.120. The highest BCUT2D eigenvalue weighted by atomic mass is 16.5. The summed E-state index contributed by atoms with van der Waals surface area (Å²) in [5, 5.41) is 0.855. The summed E-state index contributed by atoms with van der Waals surface area (Å²) < 4.78 is 7.71. The van der Waals surface area contributed by atoms with Crippen LogP contribution in [-0.4, -0.2) is 26.9 Å². The molecular weight excluding hydrogens is 244 g/mol. The Hall–Kier alpha value is -1.95. The number of hydrogen-bond acceptors (Lipinski definition) is 5. The van der Waals surface area contributed by atoms with Gasteiger partial charge in [0.1, 0.15) is 36.4 Å². The summed E-state index contributed by atoms with van der Waals surface area (Å²) in [6.07, 6.45) is 4.55. The molecule has 0 amide bonds. The van der Waals surface area contributed by atoms with Crippen LogP contribution in [0.3, 0.4) is 0 Å². The van der Waals surface area contributed by atoms with Crippen molar-refractivity contribution < 1.29 is 9.53 Å². The van der Waals surface area contributed by atoms with Crippen molar-refractivity contribution >= 4 is 23.1 Å². The van der Waals surface area contributed by atoms with E-state index in [0.717, 1.165) is 29.3 Å². The number of nitrogen functional groups attached to an aromatic ring is 1. The minimum atomic E-state index is -0.345. The molecule has 0 aliphatic carbocycles. The van der Waals surface area contributed by atoms with Gasteiger partial charge in [-0.15, -0.1) is 0 Å². The minimum Gasteiger partial charge on any atom is -0.383 e. The van der Waals surface area contributed by atoms with E-state index in [9.17, 15) is 4.79 Å². The van der Waals surface area contributed by atoms with Gasteiger partial charge in [0.15, 0.2) is 0 Å². The lowest BCUT2D eigenvalue weighted by atomic mass is 10.0. The van der Waals surface area contributed by atoms with Gasteiger partial charge in [0, 0.05) is 6.20 Å². The maximum Gasteiger partial charge on any atom is 0.149 e. The molecule has 1 aliphatic rings. The van der Waals surface area contributed by atoms with Crippen LogP contribution in [0.15, 0.2) is 12.5 Å². The van der Waals surface area contributed by atoms with E-state index in [4.69, 9.17) is 10.5 Å². The second-order valence-corrected chi connectivity index (χ2v) is 5.08. The zero-order valence-corrected chi connectivity index (χ0v) is 10.9. The van der Waals surface area contributed by atoms with Crippen molar-refractivity contribution in [2.45, 2.75) is 32.6 Å². The molecule has 1 saturated heterocycles. The molecule has 1 fully saturated rings. The van der Waals surface area contributed by atoms with Gasteiger partial charge in [0.2, 0.25) is 0 Å². The fourth-order valence-electron chi connectivity index (χ4n) is 2.69. The molecular formula is C13H16N4O2. The molecule has 3 heterocycles. The fourth-order valence-corrected chi connectivity index (χ4v) is 2.69. The number of nitrogens with zero attached hydrogens (tertiary/aromatic N) is 3. The van der Waals surface area contributed by atoms with Gasteiger partial charge >= 0.3 is 0 Å². The van der Waals surface area contributed by atoms with Crippen LogP contribution in [0.2, 0.25) is 0 Å². The third kappa shape index (κ3) is 1.79. The number of anilines is 1. The van der Waals surface area contributed by atoms with Gasteiger partial charge in [0.05, 0.1) is 5.39 Å². The van der Waals surface area contributed by atoms with Crippen molar-refractivity contribution in [3.63, 3.8) is 0 Å². The number of hydrogen-bond donors (Lipinski definition) is 1. The number of nitrogens with two attached hydrogens (primary N) is 1. The van der Waals surface area contributed by atoms with Gasteiger partial charge in [-0.1, -0.05) is 6.92 Å². The van der Waals surface area contributed by atoms with Crippen LogP contribution >= 0.6 is 0 Å². The molecule has 2 aromatic rings. The third-order valence-electron chi connectivity index (χ3n) is 3.72. The average molecular weight is 260 g/mol. The molecule has 0 bridgehead atoms. The van der Waals surface area contributed by atoms with E-state index >= 15 is 0 Å². The first kappa shape index (κ1) is 12.1. The molecule has 2 N–H and O–H groups in total. The van der Waals surface area contributed by atoms with Crippen molar-refractivity contribution in [1.29, 1.82) is 0 Å². The molecule has 3 rings (SSSR count). The van der Waals surface area contributed by atoms with Crippen molar-refractivity contribution in [3.05, 3.63) is 18.1 Å². The van der Waals surface area contributed by atoms with E-state index < -0.39 is 0 Å². The van der Waals surface area contributed by atoms with E-state index in [2.05, 4.69) is 9.97 Å². The summed E-state index contributed by atoms with van der Waals surface area (Å²) in [4.78, 5) is 19.2. The molecule has 3 atom stereocenters. The Balaban J connectivity index is 2.07. The lowest BCUT2D eigenvalue weighted by Crippen LogP contribution is -2.15. The maximum absolute atomic E-state index is 10.9. The van der Waals surface area contributed by atoms with Crippen LogP contribution in [0.4, 0.5) is 5.82 Å². The van der Waals surface area contributed by atoms with Crippen molar-refractivity contribution in [3.8, 4) is 0 Å². The van der Waals surface area contributed by atoms with Gasteiger partial charge in [-0.25, -0.2) is 9.97 Å². The molecule has 6 heteroatoms. The molecule has 2 aromatic heterocycles. The van der Waals surface area contributed by atoms with E-state index in [1.807, 2.05) is 24.6 Å². The molecule has 0 unspecified atom stereocenters. The Labute approximate surface area is 110 Å². The Kier molecular flexibility index (Phi) is 2.74. The predicted molar refractivity (Wildman–Crippen MR) is 70.4 cm³/mol. The standard InChI is InChI=1S/C13H16N4O2/c1-7-3-10(19-9(7)5-18)17-4-8(2)11-12(14)15-6-16-13(11)17/h4-7,9-10H,3H2,1-2H3,(H2,14,15,16)/t7-,9+,10+/m0/s1. The van der Waals surface area contributed by atoms with Crippen molar-refractivity contribution in [2.24, 2.45) is 5.92 Å². The zero-order chi connectivity index (χ0) is 13.6. The second kappa shape index (κ2) is 4.31. The van der Waals surface area contributed by atoms with E-state index in [0.29, 0.717) is 5.82 Å². The van der Waals surface area contributed by atoms with Crippen LogP contribution in [0.1, 0.15) is 25.1 Å². The summed E-state index contributed by atoms with van der Waals surface area (Å²) in [5.41, 5.74) is 7.66. The van der Waals surface area contributed by atoms with E-state index in [-0.39, 0.29) is 18.2 Å². The van der Waals surface area contributed by atoms with Crippen LogP contribution in [0.5, 0.6) is 0 Å². The maximum atomic E-state index is 10.9. The van der Waals surface area contributed by atoms with Crippen LogP contribution in [-0.2, 0) is 9.53 Å². The average Bonchev–Trinajstić information content (AvgIpc) is 2.91. The molecule has 0 aromatic carbocycles. The molecule has 6 nitrogen and oxygen atoms in total. The van der Waals surface area contributed by atoms with Gasteiger partial charge in [0.25, 0.3) is 0 Å². The van der Waals surface area contributed by atoms with E-state index in [1.54, 1.807) is 0 Å². The number of carbonyl (C=O) groups excluding carboxylic acids is 1. The summed E-state index contributed by atoms with van der Waals surface area (Å²) in [7, 11) is 0. The molecule has 100 valence electrons. The molecule has 0 saturated carbocycles. The quantitative estimate of drug-likeness (QED) is 0.826. The highest BCUT2D eigenvalue weighted by Gasteiger charge is 2.33. The summed E-state index contributed by atoms with van der Waals surface area (Å²) in [6, 6.07) is 0. The number of ether oxygens (including phenoxy) is 1. The zero-order valence-electron chi connectivity index (χ0n) is 10.9. The number of carbonyl (C=O) groups is 1. The van der Waals surface area contributed by atoms with Gasteiger partial charge < -0.3 is 19.8 Å². The Morgan fingerprint density at radius 2 is 2.32 bits per heavy atom. The first-order chi connectivity index (χ1) is 9.11. The van der Waals surface area contributed by atoms with Gasteiger partial charge in [-0.05, 0) is 24.8 Å². The van der Waals surface area contributed by atoms with Crippen LogP contribution in [0, 0.1) is 12.8 Å². The fraction of sp³-hybridized carbons (Fsp3) is 0.462. The van der Waals surface area contributed by atoms with Gasteiger partial charge in [-0.2, -0.15) is 0 Å². The minimum absolute atomic E-state index is 0.171. The number of aldehydes is 1. The Morgan fingerprint density at radius 1 is 1.53 bits per heavy atom. The third-order valence-corrected chi connectivity index (χ3v) is 3.72. The molecule has 1 aliphatic heterocycles. The largest absolute Gasteiger partial charge is 0.383 e. The molecule has 0 spiro atoms. The first-order valence-electron chi connectivity index (χ1n) is 6.30. The number of rotatable bonds is 2. The van der Waals surface area contributed by atoms with Crippen molar-refractivity contribution in [2.75, 3.05) is 5.73 Å². The van der Waals surface area contributed by atoms with Gasteiger partial charge in [-0.3, -0.25) is 0 Å². The highest BCUT2D eigenvalue weighted by Crippen LogP contribution is 2.35. The van der Waals surface area contributed by atoms with E-state index in [1.165, 1.54) is 6.33 Å².